The van der Waals surface area contributed by atoms with Gasteiger partial charge in [0.1, 0.15) is 0 Å². The predicted octanol–water partition coefficient (Wildman–Crippen LogP) is 10.8. The molecule has 188 valence electrons. The number of benzene rings is 6. The highest BCUT2D eigenvalue weighted by Gasteiger charge is 2.27. The maximum Gasteiger partial charge on any atom is 0.0125 e. The lowest BCUT2D eigenvalue weighted by Crippen LogP contribution is -2.15. The Kier molecular flexibility index (Phi) is 5.38. The van der Waals surface area contributed by atoms with E-state index >= 15 is 0 Å². The van der Waals surface area contributed by atoms with Crippen LogP contribution >= 0.6 is 0 Å². The monoisotopic (exact) mass is 508 g/mol. The fourth-order valence-electron chi connectivity index (χ4n) is 6.73. The van der Waals surface area contributed by atoms with E-state index in [1.54, 1.807) is 0 Å². The summed E-state index contributed by atoms with van der Waals surface area (Å²) in [5, 5.41) is 7.77. The molecule has 2 aliphatic carbocycles. The lowest BCUT2D eigenvalue weighted by molar-refractivity contribution is 0.679. The first kappa shape index (κ1) is 23.0. The largest absolute Gasteiger partial charge is 0.0767 e. The highest BCUT2D eigenvalue weighted by atomic mass is 14.3. The molecular formula is C40H28. The van der Waals surface area contributed by atoms with Gasteiger partial charge < -0.3 is 0 Å². The van der Waals surface area contributed by atoms with Gasteiger partial charge in [-0.25, -0.2) is 0 Å². The van der Waals surface area contributed by atoms with E-state index in [4.69, 9.17) is 0 Å². The lowest BCUT2D eigenvalue weighted by Gasteiger charge is -2.29. The van der Waals surface area contributed by atoms with Crippen LogP contribution in [0.5, 0.6) is 0 Å². The second-order valence-electron chi connectivity index (χ2n) is 10.9. The summed E-state index contributed by atoms with van der Waals surface area (Å²) in [6.45, 7) is 0. The third kappa shape index (κ3) is 3.68. The molecule has 2 unspecified atom stereocenters. The zero-order valence-corrected chi connectivity index (χ0v) is 22.2. The number of allylic oxidation sites excluding steroid dienone is 8. The Hall–Kier alpha value is -4.94. The summed E-state index contributed by atoms with van der Waals surface area (Å²) in [6, 6.07) is 42.3. The number of hydrogen-bond donors (Lipinski definition) is 0. The standard InChI is InChI=1S/C40H28/c1-2-11-27(12-3-1)29-21-22-31-26-32(24-23-30(31)25-29)39-35-16-6-8-18-37(35)40(38-19-9-7-17-36(38)39)34-20-10-14-28-13-4-5-15-33(28)34/h1-26,28,33H. The first-order valence-corrected chi connectivity index (χ1v) is 14.1. The van der Waals surface area contributed by atoms with Gasteiger partial charge in [0.25, 0.3) is 0 Å². The van der Waals surface area contributed by atoms with Crippen molar-refractivity contribution in [2.45, 2.75) is 0 Å². The van der Waals surface area contributed by atoms with E-state index in [-0.39, 0.29) is 0 Å². The molecule has 0 bridgehead atoms. The molecule has 0 saturated carbocycles. The topological polar surface area (TPSA) is 0 Å². The van der Waals surface area contributed by atoms with Gasteiger partial charge in [0.2, 0.25) is 0 Å². The molecule has 40 heavy (non-hydrogen) atoms. The third-order valence-electron chi connectivity index (χ3n) is 8.60. The number of fused-ring (bicyclic) bond motifs is 4. The minimum absolute atomic E-state index is 0.354. The fourth-order valence-corrected chi connectivity index (χ4v) is 6.73. The first-order valence-electron chi connectivity index (χ1n) is 14.1. The van der Waals surface area contributed by atoms with Gasteiger partial charge >= 0.3 is 0 Å². The molecule has 6 aromatic carbocycles. The Morgan fingerprint density at radius 2 is 0.950 bits per heavy atom. The van der Waals surface area contributed by atoms with Gasteiger partial charge in [-0.1, -0.05) is 146 Å². The minimum Gasteiger partial charge on any atom is -0.0767 e. The number of rotatable bonds is 3. The van der Waals surface area contributed by atoms with Crippen molar-refractivity contribution in [3.8, 4) is 22.3 Å². The van der Waals surface area contributed by atoms with Gasteiger partial charge in [-0.3, -0.25) is 0 Å². The van der Waals surface area contributed by atoms with E-state index in [2.05, 4.69) is 158 Å². The molecule has 0 aliphatic heterocycles. The third-order valence-corrected chi connectivity index (χ3v) is 8.60. The van der Waals surface area contributed by atoms with Crippen molar-refractivity contribution in [2.24, 2.45) is 11.8 Å². The van der Waals surface area contributed by atoms with Gasteiger partial charge in [-0.15, -0.1) is 0 Å². The van der Waals surface area contributed by atoms with Crippen LogP contribution in [0.2, 0.25) is 0 Å². The molecule has 0 aromatic heterocycles. The molecule has 2 aliphatic rings. The van der Waals surface area contributed by atoms with Gasteiger partial charge in [-0.05, 0) is 77.8 Å². The molecule has 6 aromatic rings. The van der Waals surface area contributed by atoms with Crippen molar-refractivity contribution < 1.29 is 0 Å². The SMILES string of the molecule is C1=CC2C=CC=C(c3c4ccccc4c(-c4ccc5cc(-c6ccccc6)ccc5c4)c4ccccc34)C2C=C1. The van der Waals surface area contributed by atoms with Crippen molar-refractivity contribution >= 4 is 37.9 Å². The van der Waals surface area contributed by atoms with Crippen LogP contribution in [0.3, 0.4) is 0 Å². The van der Waals surface area contributed by atoms with Crippen LogP contribution in [0.25, 0.3) is 60.1 Å². The smallest absolute Gasteiger partial charge is 0.0125 e. The van der Waals surface area contributed by atoms with E-state index in [0.29, 0.717) is 11.8 Å². The molecular weight excluding hydrogens is 480 g/mol. The molecule has 0 spiro atoms. The quantitative estimate of drug-likeness (QED) is 0.209. The molecule has 0 heterocycles. The van der Waals surface area contributed by atoms with E-state index in [0.717, 1.165) is 0 Å². The van der Waals surface area contributed by atoms with E-state index in [1.807, 2.05) is 0 Å². The summed E-state index contributed by atoms with van der Waals surface area (Å²) in [6.07, 6.45) is 16.0. The summed E-state index contributed by atoms with van der Waals surface area (Å²) >= 11 is 0. The Bertz CT molecular complexity index is 1990. The van der Waals surface area contributed by atoms with Crippen molar-refractivity contribution in [1.29, 1.82) is 0 Å². The fraction of sp³-hybridized carbons (Fsp3) is 0.0500. The van der Waals surface area contributed by atoms with Crippen molar-refractivity contribution in [3.63, 3.8) is 0 Å². The average Bonchev–Trinajstić information content (AvgIpc) is 3.03. The van der Waals surface area contributed by atoms with Crippen molar-refractivity contribution in [2.75, 3.05) is 0 Å². The molecule has 8 rings (SSSR count). The molecule has 0 heteroatoms. The summed E-state index contributed by atoms with van der Waals surface area (Å²) < 4.78 is 0. The summed E-state index contributed by atoms with van der Waals surface area (Å²) in [4.78, 5) is 0. The van der Waals surface area contributed by atoms with Crippen molar-refractivity contribution in [1.82, 2.24) is 0 Å². The zero-order valence-electron chi connectivity index (χ0n) is 22.2. The molecule has 2 atom stereocenters. The normalized spacial score (nSPS) is 17.9. The number of hydrogen-bond acceptors (Lipinski definition) is 0. The summed E-state index contributed by atoms with van der Waals surface area (Å²) in [5.41, 5.74) is 7.84. The highest BCUT2D eigenvalue weighted by Crippen LogP contribution is 2.46. The van der Waals surface area contributed by atoms with Crippen LogP contribution in [-0.2, 0) is 0 Å². The van der Waals surface area contributed by atoms with Gasteiger partial charge in [0.05, 0.1) is 0 Å². The first-order chi connectivity index (χ1) is 19.8. The maximum atomic E-state index is 2.37. The Labute approximate surface area is 234 Å². The van der Waals surface area contributed by atoms with Gasteiger partial charge in [0.15, 0.2) is 0 Å². The predicted molar refractivity (Wildman–Crippen MR) is 172 cm³/mol. The second kappa shape index (κ2) is 9.36. The van der Waals surface area contributed by atoms with E-state index < -0.39 is 0 Å². The Morgan fingerprint density at radius 3 is 1.65 bits per heavy atom. The second-order valence-corrected chi connectivity index (χ2v) is 10.9. The minimum atomic E-state index is 0.354. The Balaban J connectivity index is 1.36. The van der Waals surface area contributed by atoms with Crippen molar-refractivity contribution in [3.05, 3.63) is 163 Å². The molecule has 0 amide bonds. The van der Waals surface area contributed by atoms with Crippen LogP contribution in [0, 0.1) is 11.8 Å². The maximum absolute atomic E-state index is 2.37. The van der Waals surface area contributed by atoms with E-state index in [9.17, 15) is 0 Å². The van der Waals surface area contributed by atoms with Crippen LogP contribution in [0.15, 0.2) is 158 Å². The molecule has 0 fully saturated rings. The van der Waals surface area contributed by atoms with E-state index in [1.165, 1.54) is 65.7 Å². The van der Waals surface area contributed by atoms with Crippen LogP contribution in [-0.4, -0.2) is 0 Å². The summed E-state index contributed by atoms with van der Waals surface area (Å²) in [5.74, 6) is 0.760. The van der Waals surface area contributed by atoms with Gasteiger partial charge in [-0.2, -0.15) is 0 Å². The Morgan fingerprint density at radius 1 is 0.400 bits per heavy atom. The van der Waals surface area contributed by atoms with Crippen LogP contribution in [0.1, 0.15) is 5.56 Å². The molecule has 0 nitrogen and oxygen atoms in total. The lowest BCUT2D eigenvalue weighted by atomic mass is 9.74. The van der Waals surface area contributed by atoms with Crippen LogP contribution in [0.4, 0.5) is 0 Å². The average molecular weight is 509 g/mol. The van der Waals surface area contributed by atoms with Gasteiger partial charge in [0, 0.05) is 11.8 Å². The highest BCUT2D eigenvalue weighted by molar-refractivity contribution is 6.19. The zero-order chi connectivity index (χ0) is 26.5. The summed E-state index contributed by atoms with van der Waals surface area (Å²) in [7, 11) is 0. The van der Waals surface area contributed by atoms with Crippen LogP contribution < -0.4 is 0 Å². The molecule has 0 radical (unpaired) electrons. The molecule has 0 N–H and O–H groups in total. The molecule has 0 saturated heterocycles.